The van der Waals surface area contributed by atoms with Crippen molar-refractivity contribution >= 4 is 18.3 Å². The van der Waals surface area contributed by atoms with Crippen LogP contribution in [0, 0.1) is 0 Å². The highest BCUT2D eigenvalue weighted by Gasteiger charge is 2.15. The van der Waals surface area contributed by atoms with Crippen LogP contribution in [0.4, 0.5) is 0 Å². The first-order valence-electron chi connectivity index (χ1n) is 7.44. The molecule has 1 aromatic carbocycles. The van der Waals surface area contributed by atoms with Crippen LogP contribution in [0.25, 0.3) is 0 Å². The van der Waals surface area contributed by atoms with Crippen LogP contribution >= 0.6 is 12.4 Å². The molecule has 1 aliphatic heterocycles. The lowest BCUT2D eigenvalue weighted by Crippen LogP contribution is -2.45. The second kappa shape index (κ2) is 9.54. The minimum absolute atomic E-state index is 0. The third-order valence-electron chi connectivity index (χ3n) is 3.77. The Balaban J connectivity index is 0.00000242. The van der Waals surface area contributed by atoms with Crippen molar-refractivity contribution in [3.8, 4) is 11.5 Å². The molecule has 1 atom stereocenters. The molecule has 6 heteroatoms. The number of halogens is 1. The van der Waals surface area contributed by atoms with Gasteiger partial charge in [-0.15, -0.1) is 12.4 Å². The number of carbonyl (C=O) groups excluding carboxylic acids is 1. The third-order valence-corrected chi connectivity index (χ3v) is 3.77. The Hall–Kier alpha value is -1.46. The van der Waals surface area contributed by atoms with Gasteiger partial charge in [0.05, 0.1) is 14.2 Å². The lowest BCUT2D eigenvalue weighted by molar-refractivity contribution is -0.121. The van der Waals surface area contributed by atoms with Crippen molar-refractivity contribution in [1.29, 1.82) is 0 Å². The van der Waals surface area contributed by atoms with Crippen LogP contribution in [0.5, 0.6) is 11.5 Å². The van der Waals surface area contributed by atoms with Crippen molar-refractivity contribution in [1.82, 2.24) is 10.6 Å². The molecular weight excluding hydrogens is 304 g/mol. The highest BCUT2D eigenvalue weighted by molar-refractivity contribution is 5.85. The summed E-state index contributed by atoms with van der Waals surface area (Å²) in [7, 11) is 3.27. The summed E-state index contributed by atoms with van der Waals surface area (Å²) in [5, 5.41) is 6.38. The number of hydrogen-bond donors (Lipinski definition) is 2. The van der Waals surface area contributed by atoms with Crippen molar-refractivity contribution < 1.29 is 14.3 Å². The SMILES string of the molecule is COc1ccc(OC)c(CCC(=O)NC2CCCNC2)c1.Cl. The van der Waals surface area contributed by atoms with Crippen molar-refractivity contribution in [2.24, 2.45) is 0 Å². The molecule has 0 spiro atoms. The quantitative estimate of drug-likeness (QED) is 0.837. The first-order chi connectivity index (χ1) is 10.2. The topological polar surface area (TPSA) is 59.6 Å². The van der Waals surface area contributed by atoms with Gasteiger partial charge in [0.1, 0.15) is 11.5 Å². The van der Waals surface area contributed by atoms with E-state index in [-0.39, 0.29) is 24.4 Å². The number of piperidine rings is 1. The number of benzene rings is 1. The van der Waals surface area contributed by atoms with E-state index in [1.807, 2.05) is 18.2 Å². The van der Waals surface area contributed by atoms with Gasteiger partial charge < -0.3 is 20.1 Å². The van der Waals surface area contributed by atoms with Crippen LogP contribution in [0.3, 0.4) is 0 Å². The van der Waals surface area contributed by atoms with Gasteiger partial charge in [0.25, 0.3) is 0 Å². The molecule has 2 rings (SSSR count). The maximum absolute atomic E-state index is 12.0. The van der Waals surface area contributed by atoms with Crippen LogP contribution in [0.2, 0.25) is 0 Å². The van der Waals surface area contributed by atoms with Gasteiger partial charge in [0, 0.05) is 19.0 Å². The number of nitrogens with one attached hydrogen (secondary N) is 2. The van der Waals surface area contributed by atoms with Gasteiger partial charge in [-0.05, 0) is 49.6 Å². The lowest BCUT2D eigenvalue weighted by Gasteiger charge is -2.23. The summed E-state index contributed by atoms with van der Waals surface area (Å²) in [5.41, 5.74) is 0.994. The van der Waals surface area contributed by atoms with Crippen molar-refractivity contribution in [2.75, 3.05) is 27.3 Å². The Morgan fingerprint density at radius 2 is 2.18 bits per heavy atom. The summed E-state index contributed by atoms with van der Waals surface area (Å²) in [6, 6.07) is 5.92. The predicted molar refractivity (Wildman–Crippen MR) is 89.1 cm³/mol. The first kappa shape index (κ1) is 18.6. The van der Waals surface area contributed by atoms with E-state index in [9.17, 15) is 4.79 Å². The highest BCUT2D eigenvalue weighted by Crippen LogP contribution is 2.25. The summed E-state index contributed by atoms with van der Waals surface area (Å²) in [6.07, 6.45) is 3.28. The Labute approximate surface area is 138 Å². The Kier molecular flexibility index (Phi) is 8.06. The van der Waals surface area contributed by atoms with Gasteiger partial charge in [-0.2, -0.15) is 0 Å². The van der Waals surface area contributed by atoms with Crippen LogP contribution in [0.1, 0.15) is 24.8 Å². The number of aryl methyl sites for hydroxylation is 1. The fourth-order valence-electron chi connectivity index (χ4n) is 2.60. The molecule has 1 aliphatic rings. The lowest BCUT2D eigenvalue weighted by atomic mass is 10.1. The summed E-state index contributed by atoms with van der Waals surface area (Å²) >= 11 is 0. The standard InChI is InChI=1S/C16H24N2O3.ClH/c1-20-14-6-7-15(21-2)12(10-14)5-8-16(19)18-13-4-3-9-17-11-13;/h6-7,10,13,17H,3-5,8-9,11H2,1-2H3,(H,18,19);1H. The van der Waals surface area contributed by atoms with E-state index >= 15 is 0 Å². The number of ether oxygens (including phenoxy) is 2. The summed E-state index contributed by atoms with van der Waals surface area (Å²) in [5.74, 6) is 1.67. The predicted octanol–water partition coefficient (Wildman–Crippen LogP) is 1.93. The second-order valence-corrected chi connectivity index (χ2v) is 5.29. The molecule has 1 heterocycles. The Morgan fingerprint density at radius 1 is 1.36 bits per heavy atom. The van der Waals surface area contributed by atoms with Gasteiger partial charge in [-0.1, -0.05) is 0 Å². The fourth-order valence-corrected chi connectivity index (χ4v) is 2.60. The molecule has 124 valence electrons. The zero-order valence-electron chi connectivity index (χ0n) is 13.2. The van der Waals surface area contributed by atoms with E-state index in [1.165, 1.54) is 0 Å². The third kappa shape index (κ3) is 5.39. The molecule has 5 nitrogen and oxygen atoms in total. The van der Waals surface area contributed by atoms with Crippen LogP contribution < -0.4 is 20.1 Å². The number of amides is 1. The zero-order chi connectivity index (χ0) is 15.1. The van der Waals surface area contributed by atoms with Crippen molar-refractivity contribution in [3.05, 3.63) is 23.8 Å². The summed E-state index contributed by atoms with van der Waals surface area (Å²) < 4.78 is 10.5. The van der Waals surface area contributed by atoms with Gasteiger partial charge in [-0.25, -0.2) is 0 Å². The van der Waals surface area contributed by atoms with E-state index in [0.29, 0.717) is 12.8 Å². The number of methoxy groups -OCH3 is 2. The second-order valence-electron chi connectivity index (χ2n) is 5.29. The Bertz CT molecular complexity index is 476. The average Bonchev–Trinajstić information content (AvgIpc) is 2.53. The molecule has 2 N–H and O–H groups in total. The van der Waals surface area contributed by atoms with E-state index in [4.69, 9.17) is 9.47 Å². The van der Waals surface area contributed by atoms with Gasteiger partial charge in [0.2, 0.25) is 5.91 Å². The maximum Gasteiger partial charge on any atom is 0.220 e. The highest BCUT2D eigenvalue weighted by atomic mass is 35.5. The number of rotatable bonds is 6. The molecule has 1 unspecified atom stereocenters. The minimum atomic E-state index is 0. The van der Waals surface area contributed by atoms with Gasteiger partial charge >= 0.3 is 0 Å². The molecule has 1 amide bonds. The van der Waals surface area contributed by atoms with Crippen LogP contribution in [0.15, 0.2) is 18.2 Å². The molecule has 0 radical (unpaired) electrons. The van der Waals surface area contributed by atoms with Gasteiger partial charge in [0.15, 0.2) is 0 Å². The van der Waals surface area contributed by atoms with E-state index in [2.05, 4.69) is 10.6 Å². The zero-order valence-corrected chi connectivity index (χ0v) is 14.0. The first-order valence-corrected chi connectivity index (χ1v) is 7.44. The Morgan fingerprint density at radius 3 is 2.82 bits per heavy atom. The number of carbonyl (C=O) groups is 1. The molecule has 22 heavy (non-hydrogen) atoms. The van der Waals surface area contributed by atoms with E-state index < -0.39 is 0 Å². The molecule has 1 saturated heterocycles. The van der Waals surface area contributed by atoms with Gasteiger partial charge in [-0.3, -0.25) is 4.79 Å². The van der Waals surface area contributed by atoms with Crippen molar-refractivity contribution in [3.63, 3.8) is 0 Å². The summed E-state index contributed by atoms with van der Waals surface area (Å²) in [4.78, 5) is 12.0. The summed E-state index contributed by atoms with van der Waals surface area (Å²) in [6.45, 7) is 1.92. The maximum atomic E-state index is 12.0. The molecule has 1 fully saturated rings. The normalized spacial score (nSPS) is 17.3. The van der Waals surface area contributed by atoms with Crippen molar-refractivity contribution in [2.45, 2.75) is 31.7 Å². The molecule has 0 saturated carbocycles. The smallest absolute Gasteiger partial charge is 0.220 e. The average molecular weight is 329 g/mol. The molecule has 0 aliphatic carbocycles. The monoisotopic (exact) mass is 328 g/mol. The minimum Gasteiger partial charge on any atom is -0.497 e. The molecule has 0 bridgehead atoms. The molecule has 1 aromatic rings. The number of hydrogen-bond acceptors (Lipinski definition) is 4. The van der Waals surface area contributed by atoms with E-state index in [0.717, 1.165) is 43.0 Å². The largest absolute Gasteiger partial charge is 0.497 e. The molecule has 0 aromatic heterocycles. The fraction of sp³-hybridized carbons (Fsp3) is 0.562. The van der Waals surface area contributed by atoms with E-state index in [1.54, 1.807) is 14.2 Å². The van der Waals surface area contributed by atoms with Crippen LogP contribution in [-0.4, -0.2) is 39.3 Å². The molecular formula is C16H25ClN2O3. The van der Waals surface area contributed by atoms with Crippen LogP contribution in [-0.2, 0) is 11.2 Å².